The van der Waals surface area contributed by atoms with Crippen molar-refractivity contribution in [2.45, 2.75) is 11.8 Å². The van der Waals surface area contributed by atoms with Crippen molar-refractivity contribution in [3.8, 4) is 0 Å². The molecule has 1 heterocycles. The Bertz CT molecular complexity index is 418. The van der Waals surface area contributed by atoms with Gasteiger partial charge in [-0.15, -0.1) is 0 Å². The van der Waals surface area contributed by atoms with Crippen LogP contribution in [0.3, 0.4) is 0 Å². The first-order valence-corrected chi connectivity index (χ1v) is 5.55. The Labute approximate surface area is 90.8 Å². The maximum Gasteiger partial charge on any atom is 0.224 e. The molecule has 0 radical (unpaired) electrons. The van der Waals surface area contributed by atoms with Crippen molar-refractivity contribution < 1.29 is 4.79 Å². The maximum atomic E-state index is 11.4. The molecule has 0 bridgehead atoms. The van der Waals surface area contributed by atoms with Crippen molar-refractivity contribution in [2.24, 2.45) is 5.92 Å². The average molecular weight is 252 g/mol. The van der Waals surface area contributed by atoms with Crippen LogP contribution in [0.15, 0.2) is 28.7 Å². The summed E-state index contributed by atoms with van der Waals surface area (Å²) in [5.74, 6) is 0.460. The molecule has 1 amide bonds. The first kappa shape index (κ1) is 8.48. The summed E-state index contributed by atoms with van der Waals surface area (Å²) >= 11 is 3.46. The molecule has 1 saturated carbocycles. The number of carbonyl (C=O) groups is 1. The molecule has 2 fully saturated rings. The second-order valence-corrected chi connectivity index (χ2v) is 5.06. The third kappa shape index (κ3) is 0.989. The largest absolute Gasteiger partial charge is 0.355 e. The number of hydrogen-bond donors (Lipinski definition) is 1. The lowest BCUT2D eigenvalue weighted by molar-refractivity contribution is -0.120. The van der Waals surface area contributed by atoms with Crippen LogP contribution in [-0.4, -0.2) is 12.5 Å². The Hall–Kier alpha value is -0.830. The molecule has 1 saturated heterocycles. The minimum absolute atomic E-state index is 0.126. The second-order valence-electron chi connectivity index (χ2n) is 4.14. The van der Waals surface area contributed by atoms with Crippen molar-refractivity contribution in [1.29, 1.82) is 0 Å². The van der Waals surface area contributed by atoms with E-state index in [2.05, 4.69) is 33.4 Å². The lowest BCUT2D eigenvalue weighted by atomic mass is 9.95. The summed E-state index contributed by atoms with van der Waals surface area (Å²) in [6.45, 7) is 0.812. The summed E-state index contributed by atoms with van der Waals surface area (Å²) < 4.78 is 1.09. The molecule has 2 atom stereocenters. The molecule has 1 aromatic rings. The van der Waals surface area contributed by atoms with E-state index in [1.54, 1.807) is 0 Å². The molecule has 3 rings (SSSR count). The number of amides is 1. The molecule has 72 valence electrons. The van der Waals surface area contributed by atoms with Crippen molar-refractivity contribution in [2.75, 3.05) is 6.54 Å². The number of fused-ring (bicyclic) bond motifs is 1. The minimum atomic E-state index is 0.126. The van der Waals surface area contributed by atoms with Gasteiger partial charge in [0.25, 0.3) is 0 Å². The third-order valence-corrected chi connectivity index (χ3v) is 3.86. The predicted octanol–water partition coefficient (Wildman–Crippen LogP) is 1.84. The normalized spacial score (nSPS) is 33.8. The first-order chi connectivity index (χ1) is 6.72. The molecular formula is C11H10BrNO. The third-order valence-electron chi connectivity index (χ3n) is 3.37. The standard InChI is InChI=1S/C11H10BrNO/c12-8-3-1-2-7(4-8)11-5-9(11)10(14)13-6-11/h1-4,9H,5-6H2,(H,13,14). The summed E-state index contributed by atoms with van der Waals surface area (Å²) in [6, 6.07) is 8.29. The van der Waals surface area contributed by atoms with Gasteiger partial charge < -0.3 is 5.32 Å². The Kier molecular flexibility index (Phi) is 1.57. The van der Waals surface area contributed by atoms with Gasteiger partial charge in [0.2, 0.25) is 5.91 Å². The Balaban J connectivity index is 2.01. The van der Waals surface area contributed by atoms with Crippen LogP contribution in [0.5, 0.6) is 0 Å². The van der Waals surface area contributed by atoms with E-state index in [1.165, 1.54) is 5.56 Å². The van der Waals surface area contributed by atoms with Gasteiger partial charge in [0, 0.05) is 16.4 Å². The van der Waals surface area contributed by atoms with Gasteiger partial charge >= 0.3 is 0 Å². The summed E-state index contributed by atoms with van der Waals surface area (Å²) in [5, 5.41) is 2.92. The van der Waals surface area contributed by atoms with Gasteiger partial charge in [0.15, 0.2) is 0 Å². The average Bonchev–Trinajstić information content (AvgIpc) is 2.83. The van der Waals surface area contributed by atoms with Gasteiger partial charge in [0.1, 0.15) is 0 Å². The summed E-state index contributed by atoms with van der Waals surface area (Å²) in [4.78, 5) is 11.4. The second kappa shape index (κ2) is 2.60. The molecule has 1 aliphatic heterocycles. The van der Waals surface area contributed by atoms with E-state index < -0.39 is 0 Å². The van der Waals surface area contributed by atoms with Crippen LogP contribution in [-0.2, 0) is 10.2 Å². The van der Waals surface area contributed by atoms with Crippen molar-refractivity contribution in [1.82, 2.24) is 5.32 Å². The smallest absolute Gasteiger partial charge is 0.224 e. The number of carbonyl (C=O) groups excluding carboxylic acids is 1. The molecule has 0 spiro atoms. The van der Waals surface area contributed by atoms with Crippen molar-refractivity contribution >= 4 is 21.8 Å². The topological polar surface area (TPSA) is 29.1 Å². The molecule has 14 heavy (non-hydrogen) atoms. The van der Waals surface area contributed by atoms with Gasteiger partial charge in [-0.3, -0.25) is 4.79 Å². The van der Waals surface area contributed by atoms with Crippen LogP contribution in [0.1, 0.15) is 12.0 Å². The summed E-state index contributed by atoms with van der Waals surface area (Å²) in [6.07, 6.45) is 1.02. The maximum absolute atomic E-state index is 11.4. The molecule has 1 aliphatic carbocycles. The molecular weight excluding hydrogens is 242 g/mol. The number of nitrogens with one attached hydrogen (secondary N) is 1. The van der Waals surface area contributed by atoms with E-state index in [9.17, 15) is 4.79 Å². The van der Waals surface area contributed by atoms with Crippen LogP contribution in [0.25, 0.3) is 0 Å². The zero-order valence-electron chi connectivity index (χ0n) is 7.59. The van der Waals surface area contributed by atoms with Gasteiger partial charge in [-0.1, -0.05) is 28.1 Å². The Morgan fingerprint density at radius 1 is 1.50 bits per heavy atom. The first-order valence-electron chi connectivity index (χ1n) is 4.76. The highest BCUT2D eigenvalue weighted by Gasteiger charge is 2.63. The Morgan fingerprint density at radius 2 is 2.36 bits per heavy atom. The van der Waals surface area contributed by atoms with E-state index >= 15 is 0 Å². The summed E-state index contributed by atoms with van der Waals surface area (Å²) in [5.41, 5.74) is 1.41. The fourth-order valence-electron chi connectivity index (χ4n) is 2.43. The molecule has 1 N–H and O–H groups in total. The predicted molar refractivity (Wildman–Crippen MR) is 56.9 cm³/mol. The fraction of sp³-hybridized carbons (Fsp3) is 0.364. The molecule has 3 heteroatoms. The molecule has 2 nitrogen and oxygen atoms in total. The van der Waals surface area contributed by atoms with E-state index in [1.807, 2.05) is 12.1 Å². The number of halogens is 1. The molecule has 2 unspecified atom stereocenters. The Morgan fingerprint density at radius 3 is 2.93 bits per heavy atom. The van der Waals surface area contributed by atoms with Crippen LogP contribution < -0.4 is 5.32 Å². The SMILES string of the molecule is O=C1NCC2(c3cccc(Br)c3)CC12. The zero-order chi connectivity index (χ0) is 9.76. The lowest BCUT2D eigenvalue weighted by Crippen LogP contribution is -2.22. The summed E-state index contributed by atoms with van der Waals surface area (Å²) in [7, 11) is 0. The van der Waals surface area contributed by atoms with E-state index in [0.29, 0.717) is 0 Å². The monoisotopic (exact) mass is 251 g/mol. The van der Waals surface area contributed by atoms with Gasteiger partial charge in [-0.2, -0.15) is 0 Å². The van der Waals surface area contributed by atoms with Crippen LogP contribution >= 0.6 is 15.9 Å². The van der Waals surface area contributed by atoms with Crippen LogP contribution in [0.4, 0.5) is 0 Å². The van der Waals surface area contributed by atoms with Gasteiger partial charge in [0.05, 0.1) is 5.92 Å². The zero-order valence-corrected chi connectivity index (χ0v) is 9.17. The molecule has 0 aromatic heterocycles. The number of piperidine rings is 1. The number of rotatable bonds is 1. The molecule has 1 aromatic carbocycles. The van der Waals surface area contributed by atoms with Crippen LogP contribution in [0, 0.1) is 5.92 Å². The van der Waals surface area contributed by atoms with Gasteiger partial charge in [-0.05, 0) is 24.1 Å². The van der Waals surface area contributed by atoms with Crippen molar-refractivity contribution in [3.63, 3.8) is 0 Å². The minimum Gasteiger partial charge on any atom is -0.355 e. The van der Waals surface area contributed by atoms with Gasteiger partial charge in [-0.25, -0.2) is 0 Å². The van der Waals surface area contributed by atoms with E-state index in [4.69, 9.17) is 0 Å². The fourth-order valence-corrected chi connectivity index (χ4v) is 2.83. The van der Waals surface area contributed by atoms with Crippen molar-refractivity contribution in [3.05, 3.63) is 34.3 Å². The highest BCUT2D eigenvalue weighted by atomic mass is 79.9. The van der Waals surface area contributed by atoms with E-state index in [-0.39, 0.29) is 17.2 Å². The number of hydrogen-bond acceptors (Lipinski definition) is 1. The number of benzene rings is 1. The quantitative estimate of drug-likeness (QED) is 0.811. The highest BCUT2D eigenvalue weighted by molar-refractivity contribution is 9.10. The van der Waals surface area contributed by atoms with Crippen LogP contribution in [0.2, 0.25) is 0 Å². The highest BCUT2D eigenvalue weighted by Crippen LogP contribution is 2.57. The molecule has 2 aliphatic rings. The van der Waals surface area contributed by atoms with E-state index in [0.717, 1.165) is 17.4 Å². The lowest BCUT2D eigenvalue weighted by Gasteiger charge is -2.11.